The van der Waals surface area contributed by atoms with E-state index in [0.29, 0.717) is 11.8 Å². The summed E-state index contributed by atoms with van der Waals surface area (Å²) in [5.74, 6) is 1.21. The lowest BCUT2D eigenvalue weighted by molar-refractivity contribution is 0.177. The first-order valence-electron chi connectivity index (χ1n) is 21.4. The van der Waals surface area contributed by atoms with Crippen molar-refractivity contribution in [1.82, 2.24) is 9.13 Å². The molecule has 3 heteroatoms. The van der Waals surface area contributed by atoms with E-state index < -0.39 is 0 Å². The Morgan fingerprint density at radius 2 is 0.867 bits per heavy atom. The average molecular weight is 793 g/mol. The molecule has 0 spiro atoms. The lowest BCUT2D eigenvalue weighted by Gasteiger charge is -2.34. The van der Waals surface area contributed by atoms with Crippen molar-refractivity contribution in [1.29, 1.82) is 0 Å². The van der Waals surface area contributed by atoms with Crippen LogP contribution in [0, 0.1) is 17.3 Å². The van der Waals surface area contributed by atoms with Gasteiger partial charge in [0.2, 0.25) is 0 Å². The van der Waals surface area contributed by atoms with Gasteiger partial charge in [0.1, 0.15) is 0 Å². The number of aromatic nitrogens is 2. The summed E-state index contributed by atoms with van der Waals surface area (Å²) < 4.78 is 7.49. The number of para-hydroxylation sites is 3. The fourth-order valence-corrected chi connectivity index (χ4v) is 11.3. The van der Waals surface area contributed by atoms with Crippen LogP contribution in [0.25, 0.3) is 97.4 Å². The lowest BCUT2D eigenvalue weighted by atomic mass is 9.71. The van der Waals surface area contributed by atoms with Gasteiger partial charge in [-0.15, -0.1) is 11.3 Å². The minimum Gasteiger partial charge on any atom is -0.309 e. The van der Waals surface area contributed by atoms with Crippen LogP contribution in [0.15, 0.2) is 176 Å². The molecule has 60 heavy (non-hydrogen) atoms. The summed E-state index contributed by atoms with van der Waals surface area (Å²) in [5.41, 5.74) is 13.9. The summed E-state index contributed by atoms with van der Waals surface area (Å²) in [4.78, 5) is 0. The van der Waals surface area contributed by atoms with E-state index in [1.807, 2.05) is 11.3 Å². The molecule has 2 nitrogen and oxygen atoms in total. The van der Waals surface area contributed by atoms with E-state index in [-0.39, 0.29) is 5.41 Å². The van der Waals surface area contributed by atoms with Crippen molar-refractivity contribution in [3.8, 4) is 33.6 Å². The summed E-state index contributed by atoms with van der Waals surface area (Å²) in [6.45, 7) is 11.9. The molecule has 0 aliphatic rings. The predicted octanol–water partition coefficient (Wildman–Crippen LogP) is 16.4. The highest BCUT2D eigenvalue weighted by Gasteiger charge is 2.28. The van der Waals surface area contributed by atoms with Crippen LogP contribution in [0.3, 0.4) is 0 Å². The molecule has 292 valence electrons. The van der Waals surface area contributed by atoms with Crippen molar-refractivity contribution in [2.45, 2.75) is 41.0 Å². The van der Waals surface area contributed by atoms with E-state index in [9.17, 15) is 0 Å². The van der Waals surface area contributed by atoms with Crippen molar-refractivity contribution < 1.29 is 0 Å². The maximum atomic E-state index is 2.47. The van der Waals surface area contributed by atoms with E-state index in [4.69, 9.17) is 0 Å². The fraction of sp³-hybridized carbons (Fsp3) is 0.158. The highest BCUT2D eigenvalue weighted by molar-refractivity contribution is 7.25. The number of hydrogen-bond donors (Lipinski definition) is 0. The zero-order valence-corrected chi connectivity index (χ0v) is 35.7. The zero-order valence-electron chi connectivity index (χ0n) is 34.9. The Morgan fingerprint density at radius 1 is 0.417 bits per heavy atom. The van der Waals surface area contributed by atoms with Gasteiger partial charge in [0.15, 0.2) is 0 Å². The molecular weight excluding hydrogens is 745 g/mol. The Hall–Kier alpha value is -6.42. The Labute approximate surface area is 356 Å². The molecule has 3 heterocycles. The van der Waals surface area contributed by atoms with Crippen molar-refractivity contribution in [2.75, 3.05) is 0 Å². The third-order valence-electron chi connectivity index (χ3n) is 13.0. The second-order valence-electron chi connectivity index (χ2n) is 18.1. The summed E-state index contributed by atoms with van der Waals surface area (Å²) in [6, 6.07) is 65.7. The van der Waals surface area contributed by atoms with E-state index in [2.05, 4.69) is 220 Å². The van der Waals surface area contributed by atoms with Crippen molar-refractivity contribution in [2.24, 2.45) is 17.3 Å². The van der Waals surface area contributed by atoms with E-state index >= 15 is 0 Å². The SMILES string of the molecule is CC(C)C(Cc1cccc(-n2c3ccccc3c3cc(-c4ccc5sc6ccc(-c7cccc(-n8c9ccccc9c9ccccc98)c7)cc6c5c4)ccc32)c1)C(C)(C)C. The van der Waals surface area contributed by atoms with Crippen LogP contribution in [-0.4, -0.2) is 9.13 Å². The van der Waals surface area contributed by atoms with Gasteiger partial charge in [0.05, 0.1) is 22.1 Å². The monoisotopic (exact) mass is 792 g/mol. The first-order chi connectivity index (χ1) is 29.2. The Kier molecular flexibility index (Phi) is 8.62. The molecule has 11 rings (SSSR count). The van der Waals surface area contributed by atoms with Gasteiger partial charge in [-0.2, -0.15) is 0 Å². The van der Waals surface area contributed by atoms with Crippen molar-refractivity contribution in [3.05, 3.63) is 181 Å². The predicted molar refractivity (Wildman–Crippen MR) is 260 cm³/mol. The summed E-state index contributed by atoms with van der Waals surface area (Å²) in [7, 11) is 0. The van der Waals surface area contributed by atoms with Crippen LogP contribution in [0.4, 0.5) is 0 Å². The third kappa shape index (κ3) is 6.06. The molecule has 0 aliphatic heterocycles. The zero-order chi connectivity index (χ0) is 40.7. The number of fused-ring (bicyclic) bond motifs is 9. The van der Waals surface area contributed by atoms with E-state index in [1.54, 1.807) is 0 Å². The quantitative estimate of drug-likeness (QED) is 0.152. The largest absolute Gasteiger partial charge is 0.309 e. The molecular formula is C57H48N2S. The fourth-order valence-electron chi connectivity index (χ4n) is 10.2. The molecule has 8 aromatic carbocycles. The second-order valence-corrected chi connectivity index (χ2v) is 19.2. The highest BCUT2D eigenvalue weighted by Crippen LogP contribution is 2.42. The van der Waals surface area contributed by atoms with Gasteiger partial charge in [-0.05, 0) is 130 Å². The van der Waals surface area contributed by atoms with E-state index in [1.165, 1.54) is 103 Å². The smallest absolute Gasteiger partial charge is 0.0541 e. The van der Waals surface area contributed by atoms with Crippen LogP contribution in [0.1, 0.15) is 40.2 Å². The van der Waals surface area contributed by atoms with Gasteiger partial charge >= 0.3 is 0 Å². The van der Waals surface area contributed by atoms with Gasteiger partial charge in [-0.1, -0.05) is 132 Å². The van der Waals surface area contributed by atoms with Gasteiger partial charge < -0.3 is 9.13 Å². The van der Waals surface area contributed by atoms with Crippen LogP contribution >= 0.6 is 11.3 Å². The summed E-state index contributed by atoms with van der Waals surface area (Å²) >= 11 is 1.88. The van der Waals surface area contributed by atoms with Gasteiger partial charge in [0, 0.05) is 53.1 Å². The maximum Gasteiger partial charge on any atom is 0.0541 e. The third-order valence-corrected chi connectivity index (χ3v) is 14.2. The molecule has 1 unspecified atom stereocenters. The van der Waals surface area contributed by atoms with Gasteiger partial charge in [-0.25, -0.2) is 0 Å². The first kappa shape index (κ1) is 36.6. The molecule has 0 amide bonds. The minimum atomic E-state index is 0.245. The highest BCUT2D eigenvalue weighted by atomic mass is 32.1. The molecule has 0 saturated carbocycles. The van der Waals surface area contributed by atoms with E-state index in [0.717, 1.165) is 6.42 Å². The molecule has 0 saturated heterocycles. The maximum absolute atomic E-state index is 2.47. The molecule has 3 aromatic heterocycles. The molecule has 1 atom stereocenters. The molecule has 0 bridgehead atoms. The standard InChI is InChI=1S/C57H48N2S/c1-36(2)50(57(3,4)5)31-37-14-12-16-42(30-37)58-53-23-11-8-20-46(53)47-33-39(24-27-54(47)58)41-26-29-56-49(35-41)48-34-40(25-28-55(48)60-56)38-15-13-17-43(32-38)59-51-21-9-6-18-44(51)45-19-7-10-22-52(45)59/h6-30,32-36,50H,31H2,1-5H3. The number of thiophene rings is 1. The summed E-state index contributed by atoms with van der Waals surface area (Å²) in [5, 5.41) is 7.74. The molecule has 0 N–H and O–H groups in total. The number of nitrogens with zero attached hydrogens (tertiary/aromatic N) is 2. The first-order valence-corrected chi connectivity index (χ1v) is 22.2. The van der Waals surface area contributed by atoms with Gasteiger partial charge in [0.25, 0.3) is 0 Å². The minimum absolute atomic E-state index is 0.245. The molecule has 0 fully saturated rings. The number of benzene rings is 8. The summed E-state index contributed by atoms with van der Waals surface area (Å²) in [6.07, 6.45) is 1.08. The van der Waals surface area contributed by atoms with Crippen molar-refractivity contribution in [3.63, 3.8) is 0 Å². The molecule has 11 aromatic rings. The lowest BCUT2D eigenvalue weighted by Crippen LogP contribution is -2.27. The van der Waals surface area contributed by atoms with Gasteiger partial charge in [-0.3, -0.25) is 0 Å². The normalized spacial score (nSPS) is 12.9. The topological polar surface area (TPSA) is 9.86 Å². The molecule has 0 aliphatic carbocycles. The molecule has 0 radical (unpaired) electrons. The number of hydrogen-bond acceptors (Lipinski definition) is 1. The average Bonchev–Trinajstić information content (AvgIpc) is 3.92. The van der Waals surface area contributed by atoms with Crippen LogP contribution in [0.2, 0.25) is 0 Å². The Morgan fingerprint density at radius 3 is 1.42 bits per heavy atom. The number of rotatable bonds is 7. The van der Waals surface area contributed by atoms with Crippen molar-refractivity contribution >= 4 is 75.1 Å². The second kappa shape index (κ2) is 14.1. The van der Waals surface area contributed by atoms with Crippen LogP contribution in [0.5, 0.6) is 0 Å². The Balaban J connectivity index is 0.982. The van der Waals surface area contributed by atoms with Crippen LogP contribution in [-0.2, 0) is 6.42 Å². The Bertz CT molecular complexity index is 3380. The van der Waals surface area contributed by atoms with Crippen LogP contribution < -0.4 is 0 Å².